The zero-order chi connectivity index (χ0) is 16.5. The van der Waals surface area contributed by atoms with Crippen LogP contribution < -0.4 is 0 Å². The van der Waals surface area contributed by atoms with Crippen LogP contribution in [0.1, 0.15) is 48.3 Å². The van der Waals surface area contributed by atoms with Gasteiger partial charge in [-0.25, -0.2) is 4.39 Å². The third-order valence-corrected chi connectivity index (χ3v) is 5.87. The Hall–Kier alpha value is -1.71. The number of hydrogen-bond donors (Lipinski definition) is 0. The lowest BCUT2D eigenvalue weighted by Crippen LogP contribution is -2.19. The van der Waals surface area contributed by atoms with E-state index >= 15 is 0 Å². The zero-order valence-corrected chi connectivity index (χ0v) is 14.6. The highest BCUT2D eigenvalue weighted by Crippen LogP contribution is 2.33. The topological polar surface area (TPSA) is 9.23 Å². The maximum absolute atomic E-state index is 14.3. The van der Waals surface area contributed by atoms with Gasteiger partial charge in [0.25, 0.3) is 0 Å². The molecule has 24 heavy (non-hydrogen) atoms. The summed E-state index contributed by atoms with van der Waals surface area (Å²) < 4.78 is 21.6. The number of fused-ring (bicyclic) bond motifs is 1. The molecule has 1 unspecified atom stereocenters. The standard InChI is InChI=1S/C21H21FOS/c1-14-5-4-7-20(23-14)15-9-10-19(22)17(11-15)13-18-12-16-6-2-3-8-21(16)24-18/h2-3,6,8-12,14,20H,4-5,7,13H2,1H3/t14-,20?/m1/s1. The first kappa shape index (κ1) is 15.8. The van der Waals surface area contributed by atoms with E-state index in [1.807, 2.05) is 24.3 Å². The lowest BCUT2D eigenvalue weighted by Gasteiger charge is -2.28. The van der Waals surface area contributed by atoms with Crippen LogP contribution in [0.2, 0.25) is 0 Å². The van der Waals surface area contributed by atoms with Crippen molar-refractivity contribution < 1.29 is 9.13 Å². The van der Waals surface area contributed by atoms with E-state index in [4.69, 9.17) is 4.74 Å². The first-order chi connectivity index (χ1) is 11.7. The Morgan fingerprint density at radius 2 is 2.00 bits per heavy atom. The second-order valence-electron chi connectivity index (χ2n) is 6.64. The lowest BCUT2D eigenvalue weighted by atomic mass is 9.96. The molecular formula is C21H21FOS. The van der Waals surface area contributed by atoms with Crippen LogP contribution in [-0.4, -0.2) is 6.10 Å². The van der Waals surface area contributed by atoms with Crippen LogP contribution in [0, 0.1) is 5.82 Å². The first-order valence-electron chi connectivity index (χ1n) is 8.60. The zero-order valence-electron chi connectivity index (χ0n) is 13.8. The van der Waals surface area contributed by atoms with Crippen molar-refractivity contribution >= 4 is 21.4 Å². The van der Waals surface area contributed by atoms with Gasteiger partial charge in [-0.2, -0.15) is 0 Å². The Labute approximate surface area is 146 Å². The average Bonchev–Trinajstić information content (AvgIpc) is 2.99. The largest absolute Gasteiger partial charge is 0.371 e. The second kappa shape index (κ2) is 6.66. The Bertz CT molecular complexity index is 821. The second-order valence-corrected chi connectivity index (χ2v) is 7.81. The molecule has 4 rings (SSSR count). The summed E-state index contributed by atoms with van der Waals surface area (Å²) >= 11 is 1.74. The van der Waals surface area contributed by atoms with Crippen molar-refractivity contribution in [3.8, 4) is 0 Å². The fourth-order valence-corrected chi connectivity index (χ4v) is 4.58. The predicted molar refractivity (Wildman–Crippen MR) is 98.2 cm³/mol. The Kier molecular flexibility index (Phi) is 4.38. The van der Waals surface area contributed by atoms with E-state index in [0.717, 1.165) is 24.0 Å². The van der Waals surface area contributed by atoms with Gasteiger partial charge in [0, 0.05) is 16.0 Å². The van der Waals surface area contributed by atoms with Crippen molar-refractivity contribution in [3.63, 3.8) is 0 Å². The molecule has 0 bridgehead atoms. The number of halogens is 1. The predicted octanol–water partition coefficient (Wildman–Crippen LogP) is 6.26. The van der Waals surface area contributed by atoms with E-state index in [1.165, 1.54) is 21.4 Å². The summed E-state index contributed by atoms with van der Waals surface area (Å²) in [4.78, 5) is 1.20. The van der Waals surface area contributed by atoms with Crippen molar-refractivity contribution in [1.29, 1.82) is 0 Å². The number of thiophene rings is 1. The summed E-state index contributed by atoms with van der Waals surface area (Å²) in [6.07, 6.45) is 4.36. The van der Waals surface area contributed by atoms with Gasteiger partial charge in [0.05, 0.1) is 12.2 Å². The molecular weight excluding hydrogens is 319 g/mol. The third kappa shape index (κ3) is 3.24. The molecule has 1 aromatic heterocycles. The van der Waals surface area contributed by atoms with Crippen LogP contribution >= 0.6 is 11.3 Å². The van der Waals surface area contributed by atoms with Gasteiger partial charge in [-0.05, 0) is 67.0 Å². The molecule has 1 saturated heterocycles. The maximum Gasteiger partial charge on any atom is 0.126 e. The quantitative estimate of drug-likeness (QED) is 0.546. The van der Waals surface area contributed by atoms with Gasteiger partial charge in [0.2, 0.25) is 0 Å². The van der Waals surface area contributed by atoms with Crippen LogP contribution in [0.15, 0.2) is 48.5 Å². The normalized spacial score (nSPS) is 21.2. The molecule has 0 amide bonds. The van der Waals surface area contributed by atoms with Crippen LogP contribution in [-0.2, 0) is 11.2 Å². The van der Waals surface area contributed by atoms with Crippen molar-refractivity contribution in [2.24, 2.45) is 0 Å². The number of rotatable bonds is 3. The average molecular weight is 340 g/mol. The summed E-state index contributed by atoms with van der Waals surface area (Å²) in [6, 6.07) is 16.0. The van der Waals surface area contributed by atoms with Crippen LogP contribution in [0.4, 0.5) is 4.39 Å². The van der Waals surface area contributed by atoms with Crippen molar-refractivity contribution in [1.82, 2.24) is 0 Å². The molecule has 0 radical (unpaired) electrons. The van der Waals surface area contributed by atoms with Crippen molar-refractivity contribution in [3.05, 3.63) is 70.4 Å². The minimum Gasteiger partial charge on any atom is -0.371 e. The van der Waals surface area contributed by atoms with Crippen LogP contribution in [0.25, 0.3) is 10.1 Å². The maximum atomic E-state index is 14.3. The van der Waals surface area contributed by atoms with Gasteiger partial charge < -0.3 is 4.74 Å². The molecule has 0 spiro atoms. The fraction of sp³-hybridized carbons (Fsp3) is 0.333. The van der Waals surface area contributed by atoms with E-state index in [1.54, 1.807) is 17.4 Å². The molecule has 0 saturated carbocycles. The molecule has 1 fully saturated rings. The molecule has 1 aliphatic heterocycles. The van der Waals surface area contributed by atoms with Crippen molar-refractivity contribution in [2.45, 2.75) is 44.8 Å². The van der Waals surface area contributed by atoms with Crippen LogP contribution in [0.5, 0.6) is 0 Å². The highest BCUT2D eigenvalue weighted by atomic mass is 32.1. The molecule has 3 aromatic rings. The molecule has 3 heteroatoms. The molecule has 0 N–H and O–H groups in total. The molecule has 2 aromatic carbocycles. The molecule has 1 aliphatic rings. The summed E-state index contributed by atoms with van der Waals surface area (Å²) in [5, 5.41) is 1.23. The van der Waals surface area contributed by atoms with E-state index < -0.39 is 0 Å². The number of ether oxygens (including phenoxy) is 1. The van der Waals surface area contributed by atoms with E-state index in [-0.39, 0.29) is 11.9 Å². The van der Waals surface area contributed by atoms with Gasteiger partial charge in [-0.15, -0.1) is 11.3 Å². The number of hydrogen-bond acceptors (Lipinski definition) is 2. The van der Waals surface area contributed by atoms with Crippen LogP contribution in [0.3, 0.4) is 0 Å². The molecule has 124 valence electrons. The van der Waals surface area contributed by atoms with Gasteiger partial charge in [-0.3, -0.25) is 0 Å². The SMILES string of the molecule is C[C@@H]1CCCC(c2ccc(F)c(Cc3cc4ccccc4s3)c2)O1. The summed E-state index contributed by atoms with van der Waals surface area (Å²) in [6.45, 7) is 2.12. The lowest BCUT2D eigenvalue weighted by molar-refractivity contribution is -0.0415. The molecule has 2 heterocycles. The van der Waals surface area contributed by atoms with Crippen molar-refractivity contribution in [2.75, 3.05) is 0 Å². The third-order valence-electron chi connectivity index (χ3n) is 4.76. The smallest absolute Gasteiger partial charge is 0.126 e. The van der Waals surface area contributed by atoms with Gasteiger partial charge in [0.1, 0.15) is 5.82 Å². The van der Waals surface area contributed by atoms with E-state index in [9.17, 15) is 4.39 Å². The van der Waals surface area contributed by atoms with Gasteiger partial charge in [0.15, 0.2) is 0 Å². The van der Waals surface area contributed by atoms with E-state index in [2.05, 4.69) is 25.1 Å². The fourth-order valence-electron chi connectivity index (χ4n) is 3.49. The molecule has 0 aliphatic carbocycles. The summed E-state index contributed by atoms with van der Waals surface area (Å²) in [5.74, 6) is -0.125. The summed E-state index contributed by atoms with van der Waals surface area (Å²) in [7, 11) is 0. The molecule has 1 nitrogen and oxygen atoms in total. The Balaban J connectivity index is 1.61. The van der Waals surface area contributed by atoms with Gasteiger partial charge >= 0.3 is 0 Å². The minimum atomic E-state index is -0.125. The molecule has 2 atom stereocenters. The Morgan fingerprint density at radius 1 is 1.12 bits per heavy atom. The minimum absolute atomic E-state index is 0.107. The summed E-state index contributed by atoms with van der Waals surface area (Å²) in [5.41, 5.74) is 1.87. The van der Waals surface area contributed by atoms with Gasteiger partial charge in [-0.1, -0.05) is 24.3 Å². The number of benzene rings is 2. The highest BCUT2D eigenvalue weighted by molar-refractivity contribution is 7.19. The monoisotopic (exact) mass is 340 g/mol. The van der Waals surface area contributed by atoms with E-state index in [0.29, 0.717) is 12.5 Å². The Morgan fingerprint density at radius 3 is 2.83 bits per heavy atom. The first-order valence-corrected chi connectivity index (χ1v) is 9.42. The highest BCUT2D eigenvalue weighted by Gasteiger charge is 2.21.